The Morgan fingerprint density at radius 2 is 0.906 bits per heavy atom. The van der Waals surface area contributed by atoms with Gasteiger partial charge in [0.25, 0.3) is 0 Å². The molecule has 1 aliphatic carbocycles. The van der Waals surface area contributed by atoms with Crippen LogP contribution in [0, 0.1) is 0 Å². The van der Waals surface area contributed by atoms with Gasteiger partial charge in [0, 0.05) is 48.9 Å². The minimum Gasteiger partial charge on any atom is -0.309 e. The van der Waals surface area contributed by atoms with Crippen LogP contribution in [0.4, 0.5) is 0 Å². The van der Waals surface area contributed by atoms with Crippen LogP contribution in [0.2, 0.25) is 0 Å². The molecule has 11 aromatic rings. The summed E-state index contributed by atoms with van der Waals surface area (Å²) in [6.07, 6.45) is 0. The molecule has 0 saturated heterocycles. The molecule has 0 radical (unpaired) electrons. The van der Waals surface area contributed by atoms with E-state index in [1.54, 1.807) is 0 Å². The van der Waals surface area contributed by atoms with E-state index in [1.807, 2.05) is 78.9 Å². The molecule has 3 heterocycles. The molecule has 0 saturated carbocycles. The fraction of sp³-hybridized carbons (Fsp3) is 0.0169. The van der Waals surface area contributed by atoms with Gasteiger partial charge in [-0.1, -0.05) is 218 Å². The zero-order valence-corrected chi connectivity index (χ0v) is 35.5. The predicted octanol–water partition coefficient (Wildman–Crippen LogP) is 12.9. The minimum absolute atomic E-state index is 0.693. The molecule has 1 aliphatic heterocycles. The Morgan fingerprint density at radius 1 is 0.391 bits per heavy atom. The lowest BCUT2D eigenvalue weighted by Crippen LogP contribution is -2.34. The highest BCUT2D eigenvalue weighted by Crippen LogP contribution is 2.62. The highest BCUT2D eigenvalue weighted by atomic mass is 31.2. The summed E-state index contributed by atoms with van der Waals surface area (Å²) in [5.41, 5.74) is 14.7. The molecule has 5 heteroatoms. The van der Waals surface area contributed by atoms with E-state index in [1.165, 1.54) is 38.5 Å². The zero-order valence-electron chi connectivity index (χ0n) is 34.6. The zero-order chi connectivity index (χ0) is 42.4. The van der Waals surface area contributed by atoms with Crippen molar-refractivity contribution in [1.29, 1.82) is 0 Å². The van der Waals surface area contributed by atoms with Crippen LogP contribution in [0.1, 0.15) is 22.3 Å². The molecule has 4 nitrogen and oxygen atoms in total. The monoisotopic (exact) mass is 835 g/mol. The van der Waals surface area contributed by atoms with Gasteiger partial charge in [-0.15, -0.1) is 0 Å². The van der Waals surface area contributed by atoms with Gasteiger partial charge in [0.2, 0.25) is 0 Å². The normalized spacial score (nSPS) is 14.7. The van der Waals surface area contributed by atoms with Crippen molar-refractivity contribution in [2.75, 3.05) is 0 Å². The number of rotatable bonds is 6. The summed E-state index contributed by atoms with van der Waals surface area (Å²) in [5, 5.41) is 4.92. The maximum absolute atomic E-state index is 15.1. The number of nitrogens with zero attached hydrogens (tertiary/aromatic N) is 3. The number of para-hydroxylation sites is 3. The third kappa shape index (κ3) is 5.09. The maximum Gasteiger partial charge on any atom is 0.171 e. The molecule has 64 heavy (non-hydrogen) atoms. The van der Waals surface area contributed by atoms with E-state index >= 15 is 4.57 Å². The largest absolute Gasteiger partial charge is 0.309 e. The predicted molar refractivity (Wildman–Crippen MR) is 263 cm³/mol. The van der Waals surface area contributed by atoms with Crippen LogP contribution in [-0.2, 0) is 9.98 Å². The Morgan fingerprint density at radius 3 is 1.62 bits per heavy atom. The van der Waals surface area contributed by atoms with Gasteiger partial charge >= 0.3 is 0 Å². The van der Waals surface area contributed by atoms with E-state index < -0.39 is 12.6 Å². The first-order valence-corrected chi connectivity index (χ1v) is 23.5. The van der Waals surface area contributed by atoms with Gasteiger partial charge in [-0.05, 0) is 39.9 Å². The lowest BCUT2D eigenvalue weighted by molar-refractivity contribution is 0.592. The van der Waals surface area contributed by atoms with E-state index in [-0.39, 0.29) is 0 Å². The summed E-state index contributed by atoms with van der Waals surface area (Å²) < 4.78 is 17.6. The molecule has 2 aliphatic rings. The molecule has 2 aromatic heterocycles. The summed E-state index contributed by atoms with van der Waals surface area (Å²) in [7, 11) is -3.10. The van der Waals surface area contributed by atoms with E-state index in [0.717, 1.165) is 66.4 Å². The van der Waals surface area contributed by atoms with Gasteiger partial charge in [-0.3, -0.25) is 0 Å². The minimum atomic E-state index is -3.10. The van der Waals surface area contributed by atoms with Crippen molar-refractivity contribution in [3.63, 3.8) is 0 Å². The van der Waals surface area contributed by atoms with E-state index in [9.17, 15) is 0 Å². The molecule has 13 rings (SSSR count). The van der Waals surface area contributed by atoms with Crippen molar-refractivity contribution in [3.8, 4) is 50.7 Å². The van der Waals surface area contributed by atoms with Crippen molar-refractivity contribution in [2.24, 2.45) is 0 Å². The Labute approximate surface area is 371 Å². The fourth-order valence-electron chi connectivity index (χ4n) is 10.8. The van der Waals surface area contributed by atoms with Gasteiger partial charge in [0.05, 0.1) is 33.5 Å². The average Bonchev–Trinajstić information content (AvgIpc) is 3.87. The van der Waals surface area contributed by atoms with Gasteiger partial charge in [0.15, 0.2) is 13.0 Å². The van der Waals surface area contributed by atoms with Crippen molar-refractivity contribution < 1.29 is 4.57 Å². The van der Waals surface area contributed by atoms with Crippen LogP contribution in [0.3, 0.4) is 0 Å². The number of benzene rings is 9. The molecule has 0 fully saturated rings. The van der Waals surface area contributed by atoms with Crippen LogP contribution in [0.5, 0.6) is 0 Å². The third-order valence-electron chi connectivity index (χ3n) is 13.5. The molecule has 0 bridgehead atoms. The molecule has 0 N–H and O–H groups in total. The summed E-state index contributed by atoms with van der Waals surface area (Å²) in [6.45, 7) is 0. The van der Waals surface area contributed by atoms with E-state index in [4.69, 9.17) is 9.97 Å². The highest BCUT2D eigenvalue weighted by Gasteiger charge is 2.53. The molecular weight excluding hydrogens is 798 g/mol. The SMILES string of the molecule is O=P(c1ccccc1)(c1ccccc1)c1ccc(-c2ccc(-c3nc(-c4ccccc4)nc4c3C3(c5ccccc5-4)c4ccccc4-n4c5ccccc5c5cccc3c54)cc2)cc1. The number of aromatic nitrogens is 3. The van der Waals surface area contributed by atoms with E-state index in [0.29, 0.717) is 5.82 Å². The Kier molecular flexibility index (Phi) is 8.06. The van der Waals surface area contributed by atoms with Crippen molar-refractivity contribution in [3.05, 3.63) is 253 Å². The van der Waals surface area contributed by atoms with Gasteiger partial charge in [-0.25, -0.2) is 9.97 Å². The standard InChI is InChI=1S/C59H38N3OP/c63-64(43-19-6-2-7-20-43,44-21-8-3-9-22-44)45-37-35-40(36-38-45)39-31-33-41(34-32-39)55-54-56(61-58(60-55)42-17-4-1-5-18-42)48-24-10-12-26-49(48)59(54)50-27-13-15-30-53(50)62-52-29-14-11-23-46(52)47-25-16-28-51(59)57(47)62/h1-38H. The second kappa shape index (κ2) is 14.1. The molecule has 1 spiro atoms. The lowest BCUT2D eigenvalue weighted by atomic mass is 9.64. The third-order valence-corrected chi connectivity index (χ3v) is 16.6. The smallest absolute Gasteiger partial charge is 0.171 e. The first-order chi connectivity index (χ1) is 31.6. The first-order valence-electron chi connectivity index (χ1n) is 21.8. The Hall–Kier alpha value is -7.91. The highest BCUT2D eigenvalue weighted by molar-refractivity contribution is 7.85. The summed E-state index contributed by atoms with van der Waals surface area (Å²) in [4.78, 5) is 11.1. The second-order valence-corrected chi connectivity index (χ2v) is 19.5. The molecule has 1 atom stereocenters. The van der Waals surface area contributed by atoms with Gasteiger partial charge < -0.3 is 9.13 Å². The van der Waals surface area contributed by atoms with Crippen LogP contribution in [-0.4, -0.2) is 14.5 Å². The molecule has 0 amide bonds. The lowest BCUT2D eigenvalue weighted by Gasteiger charge is -2.40. The summed E-state index contributed by atoms with van der Waals surface area (Å²) in [5.74, 6) is 0.693. The average molecular weight is 836 g/mol. The summed E-state index contributed by atoms with van der Waals surface area (Å²) >= 11 is 0. The topological polar surface area (TPSA) is 47.8 Å². The molecule has 1 unspecified atom stereocenters. The Balaban J connectivity index is 1.02. The molecular formula is C59H38N3OP. The van der Waals surface area contributed by atoms with Crippen LogP contribution in [0.25, 0.3) is 72.5 Å². The number of hydrogen-bond acceptors (Lipinski definition) is 3. The maximum atomic E-state index is 15.1. The second-order valence-electron chi connectivity index (χ2n) is 16.8. The fourth-order valence-corrected chi connectivity index (χ4v) is 13.4. The molecule has 9 aromatic carbocycles. The van der Waals surface area contributed by atoms with Crippen LogP contribution < -0.4 is 15.9 Å². The quantitative estimate of drug-likeness (QED) is 0.157. The van der Waals surface area contributed by atoms with Crippen molar-refractivity contribution in [1.82, 2.24) is 14.5 Å². The van der Waals surface area contributed by atoms with Gasteiger partial charge in [-0.2, -0.15) is 0 Å². The molecule has 300 valence electrons. The van der Waals surface area contributed by atoms with Gasteiger partial charge in [0.1, 0.15) is 0 Å². The van der Waals surface area contributed by atoms with Crippen LogP contribution in [0.15, 0.2) is 231 Å². The number of hydrogen-bond donors (Lipinski definition) is 0. The number of fused-ring (bicyclic) bond motifs is 12. The summed E-state index contributed by atoms with van der Waals surface area (Å²) in [6, 6.07) is 80.5. The van der Waals surface area contributed by atoms with Crippen LogP contribution >= 0.6 is 7.14 Å². The van der Waals surface area contributed by atoms with Crippen molar-refractivity contribution in [2.45, 2.75) is 5.41 Å². The van der Waals surface area contributed by atoms with E-state index in [2.05, 4.69) is 156 Å². The Bertz CT molecular complexity index is 3630. The first kappa shape index (κ1) is 36.7. The van der Waals surface area contributed by atoms with Crippen molar-refractivity contribution >= 4 is 44.9 Å².